The van der Waals surface area contributed by atoms with Crippen molar-refractivity contribution < 1.29 is 23.1 Å². The Bertz CT molecular complexity index is 1190. The summed E-state index contributed by atoms with van der Waals surface area (Å²) >= 11 is 0. The van der Waals surface area contributed by atoms with Crippen molar-refractivity contribution in [2.75, 3.05) is 0 Å². The molecule has 0 radical (unpaired) electrons. The van der Waals surface area contributed by atoms with E-state index in [-0.39, 0.29) is 18.5 Å². The smallest absolute Gasteiger partial charge is 0.408 e. The zero-order valence-electron chi connectivity index (χ0n) is 17.7. The number of nitrogens with zero attached hydrogens (tertiary/aromatic N) is 4. The van der Waals surface area contributed by atoms with E-state index in [1.165, 1.54) is 4.90 Å². The highest BCUT2D eigenvalue weighted by Crippen LogP contribution is 2.38. The Hall–Kier alpha value is -3.10. The third-order valence-electron chi connectivity index (χ3n) is 5.75. The van der Waals surface area contributed by atoms with Crippen molar-refractivity contribution in [3.05, 3.63) is 58.8 Å². The maximum absolute atomic E-state index is 14.8. The summed E-state index contributed by atoms with van der Waals surface area (Å²) in [7, 11) is 0. The van der Waals surface area contributed by atoms with Crippen LogP contribution in [0.2, 0.25) is 0 Å². The van der Waals surface area contributed by atoms with Gasteiger partial charge in [0.1, 0.15) is 17.2 Å². The molecule has 0 spiro atoms. The summed E-state index contributed by atoms with van der Waals surface area (Å²) in [6.45, 7) is 7.23. The first-order chi connectivity index (χ1) is 14.5. The Morgan fingerprint density at radius 3 is 2.45 bits per heavy atom. The van der Waals surface area contributed by atoms with Crippen LogP contribution >= 0.6 is 0 Å². The van der Waals surface area contributed by atoms with E-state index < -0.39 is 41.0 Å². The molecule has 1 aliphatic rings. The second kappa shape index (κ2) is 7.25. The number of imidazole rings is 1. The topological polar surface area (TPSA) is 71.2 Å². The largest absolute Gasteiger partial charge is 0.465 e. The molecule has 0 saturated carbocycles. The lowest BCUT2D eigenvalue weighted by Gasteiger charge is -2.45. The summed E-state index contributed by atoms with van der Waals surface area (Å²) in [6.07, 6.45) is -1.02. The highest BCUT2D eigenvalue weighted by Gasteiger charge is 2.43. The van der Waals surface area contributed by atoms with Crippen molar-refractivity contribution in [1.29, 1.82) is 0 Å². The van der Waals surface area contributed by atoms with Crippen LogP contribution in [-0.2, 0) is 13.0 Å². The Morgan fingerprint density at radius 2 is 1.81 bits per heavy atom. The van der Waals surface area contributed by atoms with E-state index in [2.05, 4.69) is 9.97 Å². The van der Waals surface area contributed by atoms with E-state index in [4.69, 9.17) is 0 Å². The van der Waals surface area contributed by atoms with Crippen molar-refractivity contribution in [2.24, 2.45) is 0 Å². The van der Waals surface area contributed by atoms with Gasteiger partial charge in [-0.2, -0.15) is 0 Å². The molecule has 0 unspecified atom stereocenters. The fourth-order valence-corrected chi connectivity index (χ4v) is 4.47. The van der Waals surface area contributed by atoms with E-state index >= 15 is 0 Å². The number of benzene rings is 1. The number of aryl methyl sites for hydroxylation is 1. The molecule has 6 nitrogen and oxygen atoms in total. The average Bonchev–Trinajstić information content (AvgIpc) is 2.99. The molecule has 2 atom stereocenters. The standard InChI is InChI=1S/C22H23F3N4O2/c1-11-5-6-17-20(26-11)28-10-18(29(21(30)31)22(2,3)4)13(8-19(28)27-17)12-7-15(24)16(25)9-14(12)23/h5-7,9,13,18H,8,10H2,1-4H3,(H,30,31)/t13-,18+/m1/s1. The number of carbonyl (C=O) groups is 1. The van der Waals surface area contributed by atoms with Gasteiger partial charge in [-0.3, -0.25) is 4.90 Å². The lowest BCUT2D eigenvalue weighted by Crippen LogP contribution is -2.56. The molecule has 0 saturated heterocycles. The van der Waals surface area contributed by atoms with Crippen LogP contribution in [0.15, 0.2) is 24.3 Å². The van der Waals surface area contributed by atoms with Crippen molar-refractivity contribution in [1.82, 2.24) is 19.4 Å². The monoisotopic (exact) mass is 432 g/mol. The van der Waals surface area contributed by atoms with E-state index in [1.54, 1.807) is 20.8 Å². The minimum absolute atomic E-state index is 0.0677. The van der Waals surface area contributed by atoms with Gasteiger partial charge in [-0.1, -0.05) is 0 Å². The predicted molar refractivity (Wildman–Crippen MR) is 108 cm³/mol. The molecular formula is C22H23F3N4O2. The molecule has 0 aliphatic carbocycles. The molecule has 0 bridgehead atoms. The third kappa shape index (κ3) is 3.62. The maximum Gasteiger partial charge on any atom is 0.408 e. The summed E-state index contributed by atoms with van der Waals surface area (Å²) in [5.74, 6) is -3.53. The first-order valence-electron chi connectivity index (χ1n) is 9.97. The number of fused-ring (bicyclic) bond motifs is 3. The molecule has 164 valence electrons. The molecule has 1 aliphatic heterocycles. The van der Waals surface area contributed by atoms with Crippen LogP contribution in [-0.4, -0.2) is 42.2 Å². The Kier molecular flexibility index (Phi) is 4.94. The van der Waals surface area contributed by atoms with Crippen LogP contribution in [0.1, 0.15) is 43.8 Å². The normalized spacial score (nSPS) is 18.8. The van der Waals surface area contributed by atoms with Crippen molar-refractivity contribution >= 4 is 17.3 Å². The SMILES string of the molecule is Cc1ccc2nc3n(c2n1)C[C@H](N(C(=O)O)C(C)(C)C)[C@@H](c1cc(F)c(F)cc1F)C3. The molecule has 1 N–H and O–H groups in total. The number of hydrogen-bond donors (Lipinski definition) is 1. The maximum atomic E-state index is 14.8. The van der Waals surface area contributed by atoms with Crippen molar-refractivity contribution in [3.8, 4) is 0 Å². The molecule has 0 fully saturated rings. The second-order valence-corrected chi connectivity index (χ2v) is 8.92. The Balaban J connectivity index is 1.92. The van der Waals surface area contributed by atoms with Crippen molar-refractivity contribution in [2.45, 2.75) is 58.2 Å². The minimum atomic E-state index is -1.29. The number of hydrogen-bond acceptors (Lipinski definition) is 3. The first kappa shape index (κ1) is 21.1. The zero-order chi connectivity index (χ0) is 22.7. The van der Waals surface area contributed by atoms with Gasteiger partial charge in [-0.25, -0.2) is 27.9 Å². The number of carboxylic acid groups (broad SMARTS) is 1. The molecule has 2 aromatic heterocycles. The first-order valence-corrected chi connectivity index (χ1v) is 9.97. The highest BCUT2D eigenvalue weighted by atomic mass is 19.2. The van der Waals surface area contributed by atoms with Crippen LogP contribution in [0.3, 0.4) is 0 Å². The number of rotatable bonds is 2. The fourth-order valence-electron chi connectivity index (χ4n) is 4.47. The zero-order valence-corrected chi connectivity index (χ0v) is 17.7. The molecule has 4 rings (SSSR count). The summed E-state index contributed by atoms with van der Waals surface area (Å²) in [5.41, 5.74) is 1.15. The summed E-state index contributed by atoms with van der Waals surface area (Å²) in [6, 6.07) is 4.23. The van der Waals surface area contributed by atoms with Crippen LogP contribution in [0.5, 0.6) is 0 Å². The lowest BCUT2D eigenvalue weighted by atomic mass is 9.83. The van der Waals surface area contributed by atoms with Gasteiger partial charge in [-0.15, -0.1) is 0 Å². The van der Waals surface area contributed by atoms with Gasteiger partial charge in [0, 0.05) is 36.2 Å². The molecule has 3 aromatic rings. The van der Waals surface area contributed by atoms with Gasteiger partial charge in [-0.05, 0) is 51.5 Å². The van der Waals surface area contributed by atoms with Gasteiger partial charge in [0.25, 0.3) is 0 Å². The number of pyridine rings is 1. The van der Waals surface area contributed by atoms with Gasteiger partial charge in [0.15, 0.2) is 17.3 Å². The Labute approximate surface area is 177 Å². The summed E-state index contributed by atoms with van der Waals surface area (Å²) < 4.78 is 44.2. The second-order valence-electron chi connectivity index (χ2n) is 8.92. The summed E-state index contributed by atoms with van der Waals surface area (Å²) in [5, 5.41) is 10.0. The number of halogens is 3. The quantitative estimate of drug-likeness (QED) is 0.599. The van der Waals surface area contributed by atoms with Gasteiger partial charge in [0.2, 0.25) is 0 Å². The number of amides is 1. The van der Waals surface area contributed by atoms with Gasteiger partial charge >= 0.3 is 6.09 Å². The number of aromatic nitrogens is 3. The predicted octanol–water partition coefficient (Wildman–Crippen LogP) is 4.64. The van der Waals surface area contributed by atoms with Gasteiger partial charge < -0.3 is 9.67 Å². The molecule has 1 aromatic carbocycles. The van der Waals surface area contributed by atoms with E-state index in [9.17, 15) is 23.1 Å². The highest BCUT2D eigenvalue weighted by molar-refractivity contribution is 5.72. The van der Waals surface area contributed by atoms with Crippen LogP contribution < -0.4 is 0 Å². The molecule has 1 amide bonds. The van der Waals surface area contributed by atoms with E-state index in [0.29, 0.717) is 23.1 Å². The van der Waals surface area contributed by atoms with Crippen LogP contribution in [0.4, 0.5) is 18.0 Å². The third-order valence-corrected chi connectivity index (χ3v) is 5.75. The van der Waals surface area contributed by atoms with E-state index in [0.717, 1.165) is 11.8 Å². The molecular weight excluding hydrogens is 409 g/mol. The molecule has 9 heteroatoms. The van der Waals surface area contributed by atoms with Crippen LogP contribution in [0, 0.1) is 24.4 Å². The van der Waals surface area contributed by atoms with E-state index in [1.807, 2.05) is 23.6 Å². The van der Waals surface area contributed by atoms with Crippen molar-refractivity contribution in [3.63, 3.8) is 0 Å². The van der Waals surface area contributed by atoms with Crippen LogP contribution in [0.25, 0.3) is 11.2 Å². The van der Waals surface area contributed by atoms with Gasteiger partial charge in [0.05, 0.1) is 6.04 Å². The molecule has 3 heterocycles. The fraction of sp³-hybridized carbons (Fsp3) is 0.409. The lowest BCUT2D eigenvalue weighted by molar-refractivity contribution is 0.0481. The Morgan fingerprint density at radius 1 is 1.13 bits per heavy atom. The minimum Gasteiger partial charge on any atom is -0.465 e. The molecule has 31 heavy (non-hydrogen) atoms. The average molecular weight is 432 g/mol. The summed E-state index contributed by atoms with van der Waals surface area (Å²) in [4.78, 5) is 22.6.